The van der Waals surface area contributed by atoms with E-state index >= 15 is 0 Å². The molecule has 0 atom stereocenters. The van der Waals surface area contributed by atoms with Gasteiger partial charge in [0.2, 0.25) is 0 Å². The summed E-state index contributed by atoms with van der Waals surface area (Å²) in [4.78, 5) is 0. The molecule has 0 aliphatic rings. The van der Waals surface area contributed by atoms with E-state index in [0.717, 1.165) is 11.3 Å². The second-order valence-corrected chi connectivity index (χ2v) is 6.62. The lowest BCUT2D eigenvalue weighted by Crippen LogP contribution is -2.34. The van der Waals surface area contributed by atoms with Crippen LogP contribution < -0.4 is 9.58 Å². The number of aromatic nitrogens is 1. The van der Waals surface area contributed by atoms with Gasteiger partial charge in [0.25, 0.3) is 0 Å². The van der Waals surface area contributed by atoms with Crippen LogP contribution in [0.1, 0.15) is 12.0 Å². The lowest BCUT2D eigenvalue weighted by Gasteiger charge is -2.11. The Morgan fingerprint density at radius 3 is 2.65 bits per heavy atom. The maximum absolute atomic E-state index is 10.6. The van der Waals surface area contributed by atoms with E-state index in [1.165, 1.54) is 0 Å². The SMILES string of the molecule is CN(N=Cc1ccc[n+](CCCS(=O)(=O)[O-])c1)c1ccccc1. The van der Waals surface area contributed by atoms with Gasteiger partial charge in [-0.25, -0.2) is 13.0 Å². The standard InChI is InChI=1S/C16H19N3O3S/c1-18(16-8-3-2-4-9-16)17-13-15-7-5-10-19(14-15)11-6-12-23(20,21)22/h2-5,7-10,13-14H,6,11-12H2,1H3. The Bertz CT molecular complexity index is 761. The number of hydrazone groups is 1. The van der Waals surface area contributed by atoms with Gasteiger partial charge in [0.1, 0.15) is 6.54 Å². The summed E-state index contributed by atoms with van der Waals surface area (Å²) < 4.78 is 33.7. The average molecular weight is 333 g/mol. The Balaban J connectivity index is 1.98. The van der Waals surface area contributed by atoms with Gasteiger partial charge in [0.05, 0.1) is 27.6 Å². The van der Waals surface area contributed by atoms with Crippen molar-refractivity contribution in [3.8, 4) is 0 Å². The van der Waals surface area contributed by atoms with E-state index < -0.39 is 10.1 Å². The molecule has 1 aromatic carbocycles. The molecule has 0 radical (unpaired) electrons. The summed E-state index contributed by atoms with van der Waals surface area (Å²) >= 11 is 0. The van der Waals surface area contributed by atoms with Gasteiger partial charge < -0.3 is 4.55 Å². The van der Waals surface area contributed by atoms with Crippen LogP contribution in [0.3, 0.4) is 0 Å². The van der Waals surface area contributed by atoms with E-state index in [0.29, 0.717) is 13.0 Å². The van der Waals surface area contributed by atoms with Crippen molar-refractivity contribution >= 4 is 22.0 Å². The van der Waals surface area contributed by atoms with Gasteiger partial charge in [-0.05, 0) is 18.2 Å². The van der Waals surface area contributed by atoms with E-state index in [4.69, 9.17) is 0 Å². The molecular weight excluding hydrogens is 314 g/mol. The van der Waals surface area contributed by atoms with E-state index in [2.05, 4.69) is 5.10 Å². The van der Waals surface area contributed by atoms with Gasteiger partial charge in [-0.2, -0.15) is 5.10 Å². The van der Waals surface area contributed by atoms with Crippen molar-refractivity contribution in [2.45, 2.75) is 13.0 Å². The number of para-hydroxylation sites is 1. The van der Waals surface area contributed by atoms with Gasteiger partial charge in [0.15, 0.2) is 12.4 Å². The summed E-state index contributed by atoms with van der Waals surface area (Å²) in [5.41, 5.74) is 1.87. The smallest absolute Gasteiger partial charge is 0.177 e. The minimum atomic E-state index is -4.15. The Morgan fingerprint density at radius 1 is 1.22 bits per heavy atom. The Hall–Kier alpha value is -2.25. The maximum atomic E-state index is 10.6. The van der Waals surface area contributed by atoms with Crippen LogP contribution in [0.2, 0.25) is 0 Å². The molecule has 0 aliphatic carbocycles. The van der Waals surface area contributed by atoms with Crippen LogP contribution in [-0.2, 0) is 16.7 Å². The van der Waals surface area contributed by atoms with Crippen molar-refractivity contribution < 1.29 is 17.5 Å². The van der Waals surface area contributed by atoms with Crippen LogP contribution in [0.15, 0.2) is 60.0 Å². The van der Waals surface area contributed by atoms with Crippen LogP contribution in [-0.4, -0.2) is 32.0 Å². The van der Waals surface area contributed by atoms with Crippen LogP contribution >= 0.6 is 0 Å². The molecule has 6 nitrogen and oxygen atoms in total. The quantitative estimate of drug-likeness (QED) is 0.332. The molecule has 1 heterocycles. The summed E-state index contributed by atoms with van der Waals surface area (Å²) in [6.07, 6.45) is 5.71. The fourth-order valence-corrected chi connectivity index (χ4v) is 2.53. The highest BCUT2D eigenvalue weighted by Gasteiger charge is 2.04. The van der Waals surface area contributed by atoms with Gasteiger partial charge >= 0.3 is 0 Å². The molecule has 0 N–H and O–H groups in total. The second kappa shape index (κ2) is 7.85. The molecule has 2 aromatic rings. The largest absolute Gasteiger partial charge is 0.748 e. The third kappa shape index (κ3) is 6.17. The predicted molar refractivity (Wildman–Crippen MR) is 88.3 cm³/mol. The second-order valence-electron chi connectivity index (χ2n) is 5.09. The Kier molecular flexibility index (Phi) is 5.84. The average Bonchev–Trinajstić information content (AvgIpc) is 2.53. The molecule has 0 unspecified atom stereocenters. The number of anilines is 1. The molecular formula is C16H19N3O3S. The van der Waals surface area contributed by atoms with Gasteiger partial charge in [-0.1, -0.05) is 18.2 Å². The Labute approximate surface area is 136 Å². The zero-order valence-corrected chi connectivity index (χ0v) is 13.7. The number of benzene rings is 1. The van der Waals surface area contributed by atoms with E-state index in [1.54, 1.807) is 11.2 Å². The van der Waals surface area contributed by atoms with Crippen LogP contribution in [0, 0.1) is 0 Å². The molecule has 0 fully saturated rings. The Morgan fingerprint density at radius 2 is 1.96 bits per heavy atom. The number of pyridine rings is 1. The molecule has 2 rings (SSSR count). The van der Waals surface area contributed by atoms with E-state index in [1.807, 2.05) is 66.5 Å². The first-order valence-electron chi connectivity index (χ1n) is 7.19. The number of hydrogen-bond donors (Lipinski definition) is 0. The highest BCUT2D eigenvalue weighted by molar-refractivity contribution is 7.85. The monoisotopic (exact) mass is 333 g/mol. The summed E-state index contributed by atoms with van der Waals surface area (Å²) in [7, 11) is -2.29. The van der Waals surface area contributed by atoms with Crippen molar-refractivity contribution in [1.82, 2.24) is 0 Å². The van der Waals surface area contributed by atoms with Crippen molar-refractivity contribution in [2.24, 2.45) is 5.10 Å². The van der Waals surface area contributed by atoms with Gasteiger partial charge in [-0.15, -0.1) is 0 Å². The minimum Gasteiger partial charge on any atom is -0.748 e. The highest BCUT2D eigenvalue weighted by atomic mass is 32.2. The molecule has 0 spiro atoms. The molecule has 1 aromatic heterocycles. The maximum Gasteiger partial charge on any atom is 0.177 e. The fourth-order valence-electron chi connectivity index (χ4n) is 2.05. The summed E-state index contributed by atoms with van der Waals surface area (Å²) in [6, 6.07) is 13.5. The summed E-state index contributed by atoms with van der Waals surface area (Å²) in [5.74, 6) is -0.352. The highest BCUT2D eigenvalue weighted by Crippen LogP contribution is 2.10. The molecule has 23 heavy (non-hydrogen) atoms. The molecule has 0 bridgehead atoms. The van der Waals surface area contributed by atoms with Crippen molar-refractivity contribution in [3.63, 3.8) is 0 Å². The molecule has 0 aliphatic heterocycles. The first kappa shape index (κ1) is 17.1. The van der Waals surface area contributed by atoms with E-state index in [-0.39, 0.29) is 5.75 Å². The zero-order chi connectivity index (χ0) is 16.7. The third-order valence-corrected chi connectivity index (χ3v) is 3.99. The first-order valence-corrected chi connectivity index (χ1v) is 8.77. The first-order chi connectivity index (χ1) is 10.9. The topological polar surface area (TPSA) is 76.7 Å². The summed E-state index contributed by atoms with van der Waals surface area (Å²) in [5, 5.41) is 6.14. The fraction of sp³-hybridized carbons (Fsp3) is 0.250. The molecule has 7 heteroatoms. The molecule has 0 amide bonds. The van der Waals surface area contributed by atoms with Crippen LogP contribution in [0.5, 0.6) is 0 Å². The van der Waals surface area contributed by atoms with Crippen LogP contribution in [0.25, 0.3) is 0 Å². The molecule has 0 saturated carbocycles. The van der Waals surface area contributed by atoms with Crippen molar-refractivity contribution in [2.75, 3.05) is 17.8 Å². The number of rotatable bonds is 7. The van der Waals surface area contributed by atoms with Crippen LogP contribution in [0.4, 0.5) is 5.69 Å². The third-order valence-electron chi connectivity index (χ3n) is 3.20. The predicted octanol–water partition coefficient (Wildman–Crippen LogP) is 1.38. The van der Waals surface area contributed by atoms with E-state index in [9.17, 15) is 13.0 Å². The number of nitrogens with zero attached hydrogens (tertiary/aromatic N) is 3. The van der Waals surface area contributed by atoms with Gasteiger partial charge in [-0.3, -0.25) is 5.01 Å². The van der Waals surface area contributed by atoms with Crippen molar-refractivity contribution in [3.05, 3.63) is 60.4 Å². The van der Waals surface area contributed by atoms with Crippen molar-refractivity contribution in [1.29, 1.82) is 0 Å². The lowest BCUT2D eigenvalue weighted by molar-refractivity contribution is -0.696. The molecule has 0 saturated heterocycles. The lowest BCUT2D eigenvalue weighted by atomic mass is 10.3. The number of hydrogen-bond acceptors (Lipinski definition) is 5. The summed E-state index contributed by atoms with van der Waals surface area (Å²) in [6.45, 7) is 0.470. The van der Waals surface area contributed by atoms with Gasteiger partial charge in [0, 0.05) is 25.3 Å². The molecule has 122 valence electrons. The minimum absolute atomic E-state index is 0.293. The number of aryl methyl sites for hydroxylation is 1. The zero-order valence-electron chi connectivity index (χ0n) is 12.9. The normalized spacial score (nSPS) is 11.7.